The Labute approximate surface area is 109 Å². The van der Waals surface area contributed by atoms with Crippen molar-refractivity contribution in [2.75, 3.05) is 12.8 Å². The average Bonchev–Trinajstić information content (AvgIpc) is 2.38. The van der Waals surface area contributed by atoms with Crippen LogP contribution in [0.25, 0.3) is 11.3 Å². The third kappa shape index (κ3) is 2.41. The van der Waals surface area contributed by atoms with Crippen molar-refractivity contribution in [3.8, 4) is 11.3 Å². The predicted molar refractivity (Wildman–Crippen MR) is 68.2 cm³/mol. The van der Waals surface area contributed by atoms with Crippen LogP contribution in [0, 0.1) is 0 Å². The van der Waals surface area contributed by atoms with Gasteiger partial charge in [0.15, 0.2) is 0 Å². The molecule has 0 unspecified atom stereocenters. The molecule has 6 heteroatoms. The Balaban J connectivity index is 2.61. The minimum absolute atomic E-state index is 0.0811. The number of esters is 1. The molecule has 1 aromatic heterocycles. The summed E-state index contributed by atoms with van der Waals surface area (Å²) in [7, 11) is 1.29. The molecule has 0 fully saturated rings. The van der Waals surface area contributed by atoms with E-state index in [1.165, 1.54) is 13.3 Å². The predicted octanol–water partition coefficient (Wildman–Crippen LogP) is 2.17. The zero-order chi connectivity index (χ0) is 13.1. The van der Waals surface area contributed by atoms with Crippen molar-refractivity contribution in [1.82, 2.24) is 9.97 Å². The third-order valence-corrected chi connectivity index (χ3v) is 2.55. The Kier molecular flexibility index (Phi) is 3.43. The zero-order valence-corrected chi connectivity index (χ0v) is 10.3. The molecule has 0 aliphatic carbocycles. The van der Waals surface area contributed by atoms with Crippen LogP contribution in [-0.4, -0.2) is 23.0 Å². The number of nitrogen functional groups attached to an aromatic ring is 1. The summed E-state index contributed by atoms with van der Waals surface area (Å²) in [6.07, 6.45) is 1.34. The van der Waals surface area contributed by atoms with Crippen molar-refractivity contribution in [3.63, 3.8) is 0 Å². The molecule has 0 aliphatic rings. The molecule has 1 aromatic carbocycles. The first-order valence-corrected chi connectivity index (χ1v) is 5.46. The summed E-state index contributed by atoms with van der Waals surface area (Å²) in [5, 5.41) is 0.542. The van der Waals surface area contributed by atoms with E-state index < -0.39 is 5.97 Å². The lowest BCUT2D eigenvalue weighted by atomic mass is 10.1. The molecule has 0 saturated heterocycles. The van der Waals surface area contributed by atoms with Gasteiger partial charge in [0.05, 0.1) is 12.8 Å². The zero-order valence-electron chi connectivity index (χ0n) is 9.55. The molecule has 0 aliphatic heterocycles. The lowest BCUT2D eigenvalue weighted by Crippen LogP contribution is -2.08. The largest absolute Gasteiger partial charge is 0.465 e. The maximum absolute atomic E-state index is 11.6. The van der Waals surface area contributed by atoms with Gasteiger partial charge in [0.2, 0.25) is 5.95 Å². The number of halogens is 1. The number of benzene rings is 1. The van der Waals surface area contributed by atoms with E-state index in [4.69, 9.17) is 17.3 Å². The number of methoxy groups -OCH3 is 1. The van der Waals surface area contributed by atoms with Crippen LogP contribution < -0.4 is 5.73 Å². The summed E-state index contributed by atoms with van der Waals surface area (Å²) >= 11 is 5.91. The van der Waals surface area contributed by atoms with E-state index in [1.54, 1.807) is 24.3 Å². The second-order valence-corrected chi connectivity index (χ2v) is 3.93. The highest BCUT2D eigenvalue weighted by molar-refractivity contribution is 6.30. The van der Waals surface area contributed by atoms with Gasteiger partial charge in [-0.05, 0) is 12.1 Å². The normalized spacial score (nSPS) is 10.1. The van der Waals surface area contributed by atoms with Gasteiger partial charge < -0.3 is 10.5 Å². The molecule has 2 N–H and O–H groups in total. The topological polar surface area (TPSA) is 78.1 Å². The van der Waals surface area contributed by atoms with Crippen LogP contribution in [0.1, 0.15) is 10.4 Å². The fourth-order valence-corrected chi connectivity index (χ4v) is 1.70. The Hall–Kier alpha value is -2.14. The van der Waals surface area contributed by atoms with E-state index in [0.717, 1.165) is 0 Å². The van der Waals surface area contributed by atoms with Crippen LogP contribution in [0.2, 0.25) is 5.02 Å². The van der Waals surface area contributed by atoms with Crippen LogP contribution in [0.5, 0.6) is 0 Å². The number of hydrogen-bond donors (Lipinski definition) is 1. The van der Waals surface area contributed by atoms with Gasteiger partial charge in [0.25, 0.3) is 0 Å². The number of hydrogen-bond acceptors (Lipinski definition) is 5. The van der Waals surface area contributed by atoms with Crippen molar-refractivity contribution in [2.45, 2.75) is 0 Å². The van der Waals surface area contributed by atoms with Gasteiger partial charge in [0, 0.05) is 16.8 Å². The SMILES string of the molecule is COC(=O)c1cnc(N)nc1-c1cccc(Cl)c1. The molecule has 0 atom stereocenters. The Morgan fingerprint density at radius 3 is 2.89 bits per heavy atom. The van der Waals surface area contributed by atoms with E-state index in [1.807, 2.05) is 0 Å². The molecule has 92 valence electrons. The van der Waals surface area contributed by atoms with Crippen molar-refractivity contribution in [3.05, 3.63) is 41.0 Å². The summed E-state index contributed by atoms with van der Waals surface area (Å²) in [5.41, 5.74) is 6.86. The molecule has 0 amide bonds. The smallest absolute Gasteiger partial charge is 0.341 e. The van der Waals surface area contributed by atoms with Crippen LogP contribution in [0.15, 0.2) is 30.5 Å². The fraction of sp³-hybridized carbons (Fsp3) is 0.0833. The number of rotatable bonds is 2. The third-order valence-electron chi connectivity index (χ3n) is 2.31. The van der Waals surface area contributed by atoms with Crippen molar-refractivity contribution < 1.29 is 9.53 Å². The molecule has 0 spiro atoms. The van der Waals surface area contributed by atoms with Crippen molar-refractivity contribution >= 4 is 23.5 Å². The molecule has 5 nitrogen and oxygen atoms in total. The van der Waals surface area contributed by atoms with Crippen LogP contribution in [0.4, 0.5) is 5.95 Å². The number of ether oxygens (including phenoxy) is 1. The fourth-order valence-electron chi connectivity index (χ4n) is 1.51. The van der Waals surface area contributed by atoms with E-state index in [2.05, 4.69) is 14.7 Å². The lowest BCUT2D eigenvalue weighted by Gasteiger charge is -2.07. The quantitative estimate of drug-likeness (QED) is 0.840. The Morgan fingerprint density at radius 2 is 2.22 bits per heavy atom. The van der Waals surface area contributed by atoms with Gasteiger partial charge in [-0.25, -0.2) is 14.8 Å². The minimum atomic E-state index is -0.523. The van der Waals surface area contributed by atoms with Crippen LogP contribution >= 0.6 is 11.6 Å². The van der Waals surface area contributed by atoms with Gasteiger partial charge in [-0.15, -0.1) is 0 Å². The molecule has 0 bridgehead atoms. The van der Waals surface area contributed by atoms with E-state index in [9.17, 15) is 4.79 Å². The standard InChI is InChI=1S/C12H10ClN3O2/c1-18-11(17)9-6-15-12(14)16-10(9)7-3-2-4-8(13)5-7/h2-6H,1H3,(H2,14,15,16). The summed E-state index contributed by atoms with van der Waals surface area (Å²) in [5.74, 6) is -0.442. The second kappa shape index (κ2) is 5.01. The molecular formula is C12H10ClN3O2. The number of carbonyl (C=O) groups excluding carboxylic acids is 1. The number of nitrogens with zero attached hydrogens (tertiary/aromatic N) is 2. The highest BCUT2D eigenvalue weighted by Gasteiger charge is 2.16. The molecule has 1 heterocycles. The van der Waals surface area contributed by atoms with Crippen LogP contribution in [0.3, 0.4) is 0 Å². The van der Waals surface area contributed by atoms with Gasteiger partial charge in [-0.3, -0.25) is 0 Å². The van der Waals surface area contributed by atoms with Gasteiger partial charge >= 0.3 is 5.97 Å². The number of anilines is 1. The molecule has 2 aromatic rings. The molecule has 0 saturated carbocycles. The van der Waals surface area contributed by atoms with Crippen molar-refractivity contribution in [1.29, 1.82) is 0 Å². The Bertz CT molecular complexity index is 602. The highest BCUT2D eigenvalue weighted by Crippen LogP contribution is 2.24. The summed E-state index contributed by atoms with van der Waals surface area (Å²) in [6.45, 7) is 0. The second-order valence-electron chi connectivity index (χ2n) is 3.49. The first kappa shape index (κ1) is 12.3. The minimum Gasteiger partial charge on any atom is -0.465 e. The number of aromatic nitrogens is 2. The molecule has 0 radical (unpaired) electrons. The molecular weight excluding hydrogens is 254 g/mol. The number of carbonyl (C=O) groups is 1. The average molecular weight is 264 g/mol. The first-order valence-electron chi connectivity index (χ1n) is 5.08. The highest BCUT2D eigenvalue weighted by atomic mass is 35.5. The summed E-state index contributed by atoms with van der Waals surface area (Å²) in [6, 6.07) is 6.96. The molecule has 2 rings (SSSR count). The van der Waals surface area contributed by atoms with E-state index in [0.29, 0.717) is 16.3 Å². The summed E-state index contributed by atoms with van der Waals surface area (Å²) < 4.78 is 4.68. The maximum Gasteiger partial charge on any atom is 0.341 e. The molecule has 18 heavy (non-hydrogen) atoms. The van der Waals surface area contributed by atoms with Gasteiger partial charge in [0.1, 0.15) is 5.56 Å². The van der Waals surface area contributed by atoms with Crippen LogP contribution in [-0.2, 0) is 4.74 Å². The van der Waals surface area contributed by atoms with Gasteiger partial charge in [-0.2, -0.15) is 0 Å². The van der Waals surface area contributed by atoms with E-state index >= 15 is 0 Å². The van der Waals surface area contributed by atoms with E-state index in [-0.39, 0.29) is 11.5 Å². The lowest BCUT2D eigenvalue weighted by molar-refractivity contribution is 0.0601. The monoisotopic (exact) mass is 263 g/mol. The van der Waals surface area contributed by atoms with Gasteiger partial charge in [-0.1, -0.05) is 23.7 Å². The van der Waals surface area contributed by atoms with Crippen molar-refractivity contribution in [2.24, 2.45) is 0 Å². The Morgan fingerprint density at radius 1 is 1.44 bits per heavy atom. The summed E-state index contributed by atoms with van der Waals surface area (Å²) in [4.78, 5) is 19.5. The number of nitrogens with two attached hydrogens (primary N) is 1. The maximum atomic E-state index is 11.6. The first-order chi connectivity index (χ1) is 8.61.